The Hall–Kier alpha value is -1.68. The number of aldehydes is 1. The summed E-state index contributed by atoms with van der Waals surface area (Å²) in [6.07, 6.45) is 0.733. The minimum absolute atomic E-state index is 0.0484. The summed E-state index contributed by atoms with van der Waals surface area (Å²) >= 11 is 0. The molecular weight excluding hydrogens is 206 g/mol. The van der Waals surface area contributed by atoms with E-state index in [-0.39, 0.29) is 19.6 Å². The van der Waals surface area contributed by atoms with Crippen molar-refractivity contribution >= 4 is 12.3 Å². The van der Waals surface area contributed by atoms with Gasteiger partial charge in [0.2, 0.25) is 0 Å². The van der Waals surface area contributed by atoms with Crippen molar-refractivity contribution in [2.24, 2.45) is 11.7 Å². The standard InChI is InChI=1S/C12H15NO3/c13-7-11(8-14)6-12(15)16-9-10-4-2-1-3-5-10/h1-5,8,11H,6-7,9,13H2. The second-order valence-corrected chi connectivity index (χ2v) is 3.48. The molecule has 0 fully saturated rings. The van der Waals surface area contributed by atoms with Crippen LogP contribution in [-0.4, -0.2) is 18.8 Å². The maximum Gasteiger partial charge on any atom is 0.306 e. The highest BCUT2D eigenvalue weighted by Gasteiger charge is 2.12. The fourth-order valence-electron chi connectivity index (χ4n) is 1.20. The summed E-state index contributed by atoms with van der Waals surface area (Å²) in [6, 6.07) is 9.37. The Kier molecular flexibility index (Phi) is 5.22. The van der Waals surface area contributed by atoms with E-state index < -0.39 is 11.9 Å². The Labute approximate surface area is 94.4 Å². The molecule has 0 spiro atoms. The van der Waals surface area contributed by atoms with Gasteiger partial charge in [-0.2, -0.15) is 0 Å². The minimum Gasteiger partial charge on any atom is -0.461 e. The first-order chi connectivity index (χ1) is 7.76. The highest BCUT2D eigenvalue weighted by Crippen LogP contribution is 2.04. The van der Waals surface area contributed by atoms with Gasteiger partial charge in [0.15, 0.2) is 0 Å². The van der Waals surface area contributed by atoms with Crippen molar-refractivity contribution in [1.82, 2.24) is 0 Å². The quantitative estimate of drug-likeness (QED) is 0.572. The number of esters is 1. The molecular formula is C12H15NO3. The second kappa shape index (κ2) is 6.74. The lowest BCUT2D eigenvalue weighted by Crippen LogP contribution is -2.20. The van der Waals surface area contributed by atoms with Crippen LogP contribution in [0.25, 0.3) is 0 Å². The third-order valence-electron chi connectivity index (χ3n) is 2.17. The van der Waals surface area contributed by atoms with E-state index in [9.17, 15) is 9.59 Å². The predicted molar refractivity (Wildman–Crippen MR) is 59.5 cm³/mol. The molecule has 0 aliphatic rings. The van der Waals surface area contributed by atoms with Crippen molar-refractivity contribution in [3.05, 3.63) is 35.9 Å². The van der Waals surface area contributed by atoms with E-state index in [1.165, 1.54) is 0 Å². The monoisotopic (exact) mass is 221 g/mol. The molecule has 0 aliphatic heterocycles. The van der Waals surface area contributed by atoms with E-state index in [4.69, 9.17) is 10.5 Å². The van der Waals surface area contributed by atoms with Crippen LogP contribution < -0.4 is 5.73 Å². The van der Waals surface area contributed by atoms with Crippen molar-refractivity contribution in [3.8, 4) is 0 Å². The molecule has 1 aromatic carbocycles. The number of hydrogen-bond acceptors (Lipinski definition) is 4. The van der Waals surface area contributed by atoms with E-state index in [2.05, 4.69) is 0 Å². The maximum absolute atomic E-state index is 11.3. The number of hydrogen-bond donors (Lipinski definition) is 1. The van der Waals surface area contributed by atoms with Gasteiger partial charge in [0.1, 0.15) is 12.9 Å². The van der Waals surface area contributed by atoms with Crippen LogP contribution in [0, 0.1) is 5.92 Å². The molecule has 1 atom stereocenters. The highest BCUT2D eigenvalue weighted by molar-refractivity contribution is 5.73. The number of nitrogens with two attached hydrogens (primary N) is 1. The minimum atomic E-state index is -0.441. The van der Waals surface area contributed by atoms with Gasteiger partial charge in [0, 0.05) is 12.5 Å². The van der Waals surface area contributed by atoms with Crippen molar-refractivity contribution in [3.63, 3.8) is 0 Å². The van der Waals surface area contributed by atoms with Crippen molar-refractivity contribution in [1.29, 1.82) is 0 Å². The first kappa shape index (κ1) is 12.4. The first-order valence-electron chi connectivity index (χ1n) is 5.11. The van der Waals surface area contributed by atoms with E-state index in [0.717, 1.165) is 5.56 Å². The predicted octanol–water partition coefficient (Wildman–Crippen LogP) is 0.894. The molecule has 1 rings (SSSR count). The number of benzene rings is 1. The van der Waals surface area contributed by atoms with Gasteiger partial charge in [-0.15, -0.1) is 0 Å². The fraction of sp³-hybridized carbons (Fsp3) is 0.333. The lowest BCUT2D eigenvalue weighted by Gasteiger charge is -2.07. The van der Waals surface area contributed by atoms with Crippen LogP contribution in [0.2, 0.25) is 0 Å². The summed E-state index contributed by atoms with van der Waals surface area (Å²) in [5.74, 6) is -0.838. The number of rotatable bonds is 6. The second-order valence-electron chi connectivity index (χ2n) is 3.48. The summed E-state index contributed by atoms with van der Waals surface area (Å²) in [5, 5.41) is 0. The molecule has 0 heterocycles. The van der Waals surface area contributed by atoms with Crippen LogP contribution in [0.3, 0.4) is 0 Å². The number of carbonyl (C=O) groups is 2. The van der Waals surface area contributed by atoms with E-state index in [1.807, 2.05) is 30.3 Å². The van der Waals surface area contributed by atoms with Crippen molar-refractivity contribution in [2.45, 2.75) is 13.0 Å². The SMILES string of the molecule is NCC(C=O)CC(=O)OCc1ccccc1. The lowest BCUT2D eigenvalue weighted by atomic mass is 10.1. The molecule has 4 nitrogen and oxygen atoms in total. The van der Waals surface area contributed by atoms with Gasteiger partial charge in [-0.1, -0.05) is 30.3 Å². The first-order valence-corrected chi connectivity index (χ1v) is 5.11. The molecule has 0 amide bonds. The van der Waals surface area contributed by atoms with Crippen LogP contribution in [0.4, 0.5) is 0 Å². The summed E-state index contributed by atoms with van der Waals surface area (Å²) in [6.45, 7) is 0.403. The van der Waals surface area contributed by atoms with E-state index in [0.29, 0.717) is 6.29 Å². The van der Waals surface area contributed by atoms with Gasteiger partial charge in [0.25, 0.3) is 0 Å². The van der Waals surface area contributed by atoms with Gasteiger partial charge in [-0.3, -0.25) is 4.79 Å². The molecule has 0 saturated carbocycles. The van der Waals surface area contributed by atoms with Gasteiger partial charge < -0.3 is 15.3 Å². The van der Waals surface area contributed by atoms with Crippen LogP contribution in [-0.2, 0) is 20.9 Å². The normalized spacial score (nSPS) is 11.8. The van der Waals surface area contributed by atoms with Gasteiger partial charge in [-0.05, 0) is 5.56 Å². The molecule has 1 unspecified atom stereocenters. The van der Waals surface area contributed by atoms with Crippen molar-refractivity contribution in [2.75, 3.05) is 6.54 Å². The third-order valence-corrected chi connectivity index (χ3v) is 2.17. The molecule has 0 aromatic heterocycles. The lowest BCUT2D eigenvalue weighted by molar-refractivity contribution is -0.146. The Morgan fingerprint density at radius 1 is 1.38 bits per heavy atom. The van der Waals surface area contributed by atoms with E-state index >= 15 is 0 Å². The zero-order valence-corrected chi connectivity index (χ0v) is 8.96. The molecule has 0 radical (unpaired) electrons. The summed E-state index contributed by atoms with van der Waals surface area (Å²) in [4.78, 5) is 21.8. The third kappa shape index (κ3) is 4.23. The molecule has 0 aliphatic carbocycles. The maximum atomic E-state index is 11.3. The summed E-state index contributed by atoms with van der Waals surface area (Å²) in [5.41, 5.74) is 6.22. The van der Waals surface area contributed by atoms with Crippen LogP contribution >= 0.6 is 0 Å². The molecule has 0 saturated heterocycles. The van der Waals surface area contributed by atoms with Crippen LogP contribution in [0.1, 0.15) is 12.0 Å². The Morgan fingerprint density at radius 2 is 2.06 bits per heavy atom. The summed E-state index contributed by atoms with van der Waals surface area (Å²) < 4.78 is 5.01. The number of carbonyl (C=O) groups excluding carboxylic acids is 2. The zero-order chi connectivity index (χ0) is 11.8. The summed E-state index contributed by atoms with van der Waals surface area (Å²) in [7, 11) is 0. The molecule has 86 valence electrons. The molecule has 2 N–H and O–H groups in total. The molecule has 1 aromatic rings. The highest BCUT2D eigenvalue weighted by atomic mass is 16.5. The Bertz CT molecular complexity index is 337. The average molecular weight is 221 g/mol. The molecule has 0 bridgehead atoms. The molecule has 4 heteroatoms. The van der Waals surface area contributed by atoms with Crippen LogP contribution in [0.5, 0.6) is 0 Å². The van der Waals surface area contributed by atoms with Crippen LogP contribution in [0.15, 0.2) is 30.3 Å². The Balaban J connectivity index is 2.33. The van der Waals surface area contributed by atoms with Gasteiger partial charge in [-0.25, -0.2) is 0 Å². The topological polar surface area (TPSA) is 69.4 Å². The van der Waals surface area contributed by atoms with Gasteiger partial charge in [0.05, 0.1) is 6.42 Å². The largest absolute Gasteiger partial charge is 0.461 e. The Morgan fingerprint density at radius 3 is 2.62 bits per heavy atom. The molecule has 16 heavy (non-hydrogen) atoms. The van der Waals surface area contributed by atoms with Crippen molar-refractivity contribution < 1.29 is 14.3 Å². The number of ether oxygens (including phenoxy) is 1. The zero-order valence-electron chi connectivity index (χ0n) is 8.96. The van der Waals surface area contributed by atoms with Gasteiger partial charge >= 0.3 is 5.97 Å². The fourth-order valence-corrected chi connectivity index (χ4v) is 1.20. The van der Waals surface area contributed by atoms with E-state index in [1.54, 1.807) is 0 Å². The average Bonchev–Trinajstić information content (AvgIpc) is 2.34. The smallest absolute Gasteiger partial charge is 0.306 e.